The number of anilines is 1. The smallest absolute Gasteiger partial charge is 0.372 e. The number of carbonyl (C=O) groups excluding carboxylic acids is 1. The molecule has 0 saturated carbocycles. The fourth-order valence-corrected chi connectivity index (χ4v) is 1.00. The lowest BCUT2D eigenvalue weighted by Gasteiger charge is -2.01. The summed E-state index contributed by atoms with van der Waals surface area (Å²) in [5, 5.41) is 8.37. The Bertz CT molecular complexity index is 388. The summed E-state index contributed by atoms with van der Waals surface area (Å²) in [7, 11) is 0. The van der Waals surface area contributed by atoms with Gasteiger partial charge in [0.1, 0.15) is 5.82 Å². The summed E-state index contributed by atoms with van der Waals surface area (Å²) in [5.41, 5.74) is 6.76. The number of aryl methyl sites for hydroxylation is 1. The molecule has 5 nitrogen and oxygen atoms in total. The number of aliphatic carboxylic acids is 1. The molecule has 0 spiro atoms. The van der Waals surface area contributed by atoms with Crippen molar-refractivity contribution in [3.8, 4) is 0 Å². The van der Waals surface area contributed by atoms with Gasteiger partial charge in [-0.2, -0.15) is 0 Å². The molecule has 0 aromatic carbocycles. The van der Waals surface area contributed by atoms with E-state index in [2.05, 4.69) is 4.98 Å². The first-order valence-electron chi connectivity index (χ1n) is 3.98. The van der Waals surface area contributed by atoms with Crippen molar-refractivity contribution in [3.63, 3.8) is 0 Å². The van der Waals surface area contributed by atoms with E-state index >= 15 is 0 Å². The second kappa shape index (κ2) is 3.87. The van der Waals surface area contributed by atoms with Gasteiger partial charge in [0, 0.05) is 12.6 Å². The van der Waals surface area contributed by atoms with Gasteiger partial charge in [-0.25, -0.2) is 9.78 Å². The Hall–Kier alpha value is -1.91. The van der Waals surface area contributed by atoms with E-state index in [1.165, 1.54) is 6.20 Å². The molecule has 0 unspecified atom stereocenters. The molecule has 0 fully saturated rings. The number of carbonyl (C=O) groups is 2. The Morgan fingerprint density at radius 2 is 2.21 bits per heavy atom. The third kappa shape index (κ3) is 2.29. The maximum absolute atomic E-state index is 10.8. The number of nitrogens with zero attached hydrogens (tertiary/aromatic N) is 1. The van der Waals surface area contributed by atoms with Gasteiger partial charge in [0.05, 0.1) is 0 Å². The standard InChI is InChI=1S/C9H10N2O3/c1-5-2-6(4-11-8(5)10)3-7(12)9(13)14/h2,4H,3H2,1H3,(H2,10,11)(H,13,14). The molecule has 0 amide bonds. The molecule has 1 rings (SSSR count). The molecule has 74 valence electrons. The maximum atomic E-state index is 10.8. The van der Waals surface area contributed by atoms with Crippen LogP contribution in [0.25, 0.3) is 0 Å². The molecular formula is C9H10N2O3. The van der Waals surface area contributed by atoms with Crippen LogP contribution in [-0.2, 0) is 16.0 Å². The van der Waals surface area contributed by atoms with Crippen molar-refractivity contribution in [2.24, 2.45) is 0 Å². The van der Waals surface area contributed by atoms with Crippen molar-refractivity contribution >= 4 is 17.6 Å². The summed E-state index contributed by atoms with van der Waals surface area (Å²) >= 11 is 0. The Morgan fingerprint density at radius 3 is 2.71 bits per heavy atom. The zero-order valence-corrected chi connectivity index (χ0v) is 7.65. The van der Waals surface area contributed by atoms with Crippen LogP contribution in [0.3, 0.4) is 0 Å². The minimum atomic E-state index is -1.43. The first kappa shape index (κ1) is 10.2. The highest BCUT2D eigenvalue weighted by atomic mass is 16.4. The van der Waals surface area contributed by atoms with Crippen LogP contribution in [0.2, 0.25) is 0 Å². The zero-order chi connectivity index (χ0) is 10.7. The van der Waals surface area contributed by atoms with Gasteiger partial charge in [-0.05, 0) is 18.1 Å². The fraction of sp³-hybridized carbons (Fsp3) is 0.222. The van der Waals surface area contributed by atoms with Crippen molar-refractivity contribution < 1.29 is 14.7 Å². The molecule has 0 atom stereocenters. The van der Waals surface area contributed by atoms with E-state index in [4.69, 9.17) is 10.8 Å². The number of aromatic nitrogens is 1. The number of Topliss-reactive ketones (excluding diaryl/α,β-unsaturated/α-hetero) is 1. The molecule has 1 heterocycles. The number of ketones is 1. The van der Waals surface area contributed by atoms with Gasteiger partial charge in [-0.3, -0.25) is 4.79 Å². The number of carboxylic acids is 1. The summed E-state index contributed by atoms with van der Waals surface area (Å²) in [6.45, 7) is 1.75. The third-order valence-electron chi connectivity index (χ3n) is 1.78. The van der Waals surface area contributed by atoms with Gasteiger partial charge in [0.2, 0.25) is 5.78 Å². The van der Waals surface area contributed by atoms with Crippen molar-refractivity contribution in [2.45, 2.75) is 13.3 Å². The first-order valence-corrected chi connectivity index (χ1v) is 3.98. The van der Waals surface area contributed by atoms with Gasteiger partial charge >= 0.3 is 5.97 Å². The minimum absolute atomic E-state index is 0.149. The second-order valence-corrected chi connectivity index (χ2v) is 2.95. The zero-order valence-electron chi connectivity index (χ0n) is 7.65. The average molecular weight is 194 g/mol. The van der Waals surface area contributed by atoms with Crippen molar-refractivity contribution in [1.82, 2.24) is 4.98 Å². The average Bonchev–Trinajstić information content (AvgIpc) is 2.11. The number of pyridine rings is 1. The molecule has 0 bridgehead atoms. The molecular weight excluding hydrogens is 184 g/mol. The Balaban J connectivity index is 2.83. The van der Waals surface area contributed by atoms with Crippen LogP contribution in [0, 0.1) is 6.92 Å². The number of nitrogen functional groups attached to an aromatic ring is 1. The van der Waals surface area contributed by atoms with Crippen molar-refractivity contribution in [3.05, 3.63) is 23.4 Å². The summed E-state index contributed by atoms with van der Waals surface area (Å²) in [6, 6.07) is 1.66. The van der Waals surface area contributed by atoms with Crippen LogP contribution >= 0.6 is 0 Å². The number of hydrogen-bond acceptors (Lipinski definition) is 4. The summed E-state index contributed by atoms with van der Waals surface area (Å²) in [4.78, 5) is 24.9. The molecule has 0 aliphatic rings. The monoisotopic (exact) mass is 194 g/mol. The van der Waals surface area contributed by atoms with Crippen LogP contribution in [-0.4, -0.2) is 21.8 Å². The largest absolute Gasteiger partial charge is 0.475 e. The maximum Gasteiger partial charge on any atom is 0.372 e. The number of hydrogen-bond donors (Lipinski definition) is 2. The molecule has 3 N–H and O–H groups in total. The number of rotatable bonds is 3. The van der Waals surface area contributed by atoms with E-state index in [-0.39, 0.29) is 6.42 Å². The minimum Gasteiger partial charge on any atom is -0.475 e. The molecule has 1 aromatic rings. The Labute approximate surface area is 80.6 Å². The highest BCUT2D eigenvalue weighted by Gasteiger charge is 2.12. The van der Waals surface area contributed by atoms with Gasteiger partial charge in [-0.1, -0.05) is 6.07 Å². The van der Waals surface area contributed by atoms with Crippen LogP contribution in [0.4, 0.5) is 5.82 Å². The van der Waals surface area contributed by atoms with Crippen molar-refractivity contribution in [2.75, 3.05) is 5.73 Å². The van der Waals surface area contributed by atoms with Gasteiger partial charge in [0.15, 0.2) is 0 Å². The molecule has 0 aliphatic heterocycles. The number of nitrogens with two attached hydrogens (primary N) is 1. The van der Waals surface area contributed by atoms with Gasteiger partial charge in [-0.15, -0.1) is 0 Å². The molecule has 5 heteroatoms. The predicted molar refractivity (Wildman–Crippen MR) is 49.7 cm³/mol. The molecule has 0 saturated heterocycles. The van der Waals surface area contributed by atoms with Crippen molar-refractivity contribution in [1.29, 1.82) is 0 Å². The molecule has 1 aromatic heterocycles. The Kier molecular flexibility index (Phi) is 2.81. The van der Waals surface area contributed by atoms with Crippen LogP contribution in [0.5, 0.6) is 0 Å². The fourth-order valence-electron chi connectivity index (χ4n) is 1.00. The lowest BCUT2D eigenvalue weighted by Crippen LogP contribution is -2.15. The molecule has 14 heavy (non-hydrogen) atoms. The van der Waals surface area contributed by atoms with E-state index < -0.39 is 11.8 Å². The van der Waals surface area contributed by atoms with Crippen LogP contribution < -0.4 is 5.73 Å². The van der Waals surface area contributed by atoms with E-state index in [0.717, 1.165) is 5.56 Å². The summed E-state index contributed by atoms with van der Waals surface area (Å²) in [5.74, 6) is -1.90. The highest BCUT2D eigenvalue weighted by Crippen LogP contribution is 2.09. The third-order valence-corrected chi connectivity index (χ3v) is 1.78. The lowest BCUT2D eigenvalue weighted by atomic mass is 10.1. The second-order valence-electron chi connectivity index (χ2n) is 2.95. The normalized spacial score (nSPS) is 9.79. The van der Waals surface area contributed by atoms with Gasteiger partial charge in [0.25, 0.3) is 0 Å². The molecule has 0 aliphatic carbocycles. The van der Waals surface area contributed by atoms with Crippen LogP contribution in [0.15, 0.2) is 12.3 Å². The van der Waals surface area contributed by atoms with E-state index in [1.807, 2.05) is 0 Å². The van der Waals surface area contributed by atoms with E-state index in [1.54, 1.807) is 13.0 Å². The first-order chi connectivity index (χ1) is 6.50. The predicted octanol–water partition coefficient (Wildman–Crippen LogP) is 0.168. The van der Waals surface area contributed by atoms with Crippen LogP contribution in [0.1, 0.15) is 11.1 Å². The Morgan fingerprint density at radius 1 is 1.57 bits per heavy atom. The SMILES string of the molecule is Cc1cc(CC(=O)C(=O)O)cnc1N. The van der Waals surface area contributed by atoms with Gasteiger partial charge < -0.3 is 10.8 Å². The number of carboxylic acid groups (broad SMARTS) is 1. The van der Waals surface area contributed by atoms with E-state index in [9.17, 15) is 9.59 Å². The highest BCUT2D eigenvalue weighted by molar-refractivity contribution is 6.33. The quantitative estimate of drug-likeness (QED) is 0.669. The lowest BCUT2D eigenvalue weighted by molar-refractivity contribution is -0.148. The topological polar surface area (TPSA) is 93.3 Å². The summed E-state index contributed by atoms with van der Waals surface area (Å²) < 4.78 is 0. The summed E-state index contributed by atoms with van der Waals surface area (Å²) in [6.07, 6.45) is 1.26. The molecule has 0 radical (unpaired) electrons. The van der Waals surface area contributed by atoms with E-state index in [0.29, 0.717) is 11.4 Å².